The highest BCUT2D eigenvalue weighted by molar-refractivity contribution is 6.01. The van der Waals surface area contributed by atoms with Gasteiger partial charge in [0.1, 0.15) is 11.3 Å². The normalized spacial score (nSPS) is 21.4. The van der Waals surface area contributed by atoms with Crippen molar-refractivity contribution in [2.45, 2.75) is 44.6 Å². The van der Waals surface area contributed by atoms with E-state index in [1.165, 1.54) is 11.1 Å². The Labute approximate surface area is 177 Å². The predicted molar refractivity (Wildman–Crippen MR) is 117 cm³/mol. The average molecular weight is 411 g/mol. The molecule has 2 N–H and O–H groups in total. The summed E-state index contributed by atoms with van der Waals surface area (Å²) in [4.78, 5) is 26.3. The molecule has 1 atom stereocenters. The van der Waals surface area contributed by atoms with Crippen molar-refractivity contribution in [3.63, 3.8) is 0 Å². The Morgan fingerprint density at radius 3 is 2.23 bits per heavy atom. The summed E-state index contributed by atoms with van der Waals surface area (Å²) in [7, 11) is 0. The number of aryl methyl sites for hydroxylation is 1. The first kappa shape index (κ1) is 21.8. The van der Waals surface area contributed by atoms with Crippen LogP contribution in [0.2, 0.25) is 0 Å². The van der Waals surface area contributed by atoms with Crippen LogP contribution in [-0.4, -0.2) is 52.7 Å². The van der Waals surface area contributed by atoms with E-state index in [9.17, 15) is 9.90 Å². The monoisotopic (exact) mass is 410 g/mol. The molecule has 1 unspecified atom stereocenters. The van der Waals surface area contributed by atoms with Crippen LogP contribution in [0.4, 0.5) is 5.69 Å². The summed E-state index contributed by atoms with van der Waals surface area (Å²) >= 11 is 0. The van der Waals surface area contributed by atoms with E-state index in [2.05, 4.69) is 36.1 Å². The molecule has 160 valence electrons. The number of carboxylic acid groups (broad SMARTS) is 1. The van der Waals surface area contributed by atoms with Crippen LogP contribution in [0.1, 0.15) is 36.8 Å². The van der Waals surface area contributed by atoms with Gasteiger partial charge in [-0.05, 0) is 75.4 Å². The zero-order chi connectivity index (χ0) is 21.6. The fourth-order valence-corrected chi connectivity index (χ4v) is 4.67. The van der Waals surface area contributed by atoms with Crippen LogP contribution in [0, 0.1) is 6.92 Å². The zero-order valence-corrected chi connectivity index (χ0v) is 17.5. The molecule has 1 spiro atoms. The first-order valence-corrected chi connectivity index (χ1v) is 10.5. The maximum Gasteiger partial charge on any atom is 0.290 e. The van der Waals surface area contributed by atoms with Gasteiger partial charge in [0, 0.05) is 18.8 Å². The molecule has 0 radical (unpaired) electrons. The largest absolute Gasteiger partial charge is 0.508 e. The van der Waals surface area contributed by atoms with Crippen molar-refractivity contribution in [1.29, 1.82) is 0 Å². The van der Waals surface area contributed by atoms with Crippen LogP contribution >= 0.6 is 0 Å². The van der Waals surface area contributed by atoms with Crippen molar-refractivity contribution in [3.05, 3.63) is 59.7 Å². The second-order valence-electron chi connectivity index (χ2n) is 8.04. The number of benzene rings is 2. The third-order valence-corrected chi connectivity index (χ3v) is 6.19. The summed E-state index contributed by atoms with van der Waals surface area (Å²) in [6, 6.07) is 15.7. The molecule has 2 fully saturated rings. The van der Waals surface area contributed by atoms with Crippen LogP contribution in [0.3, 0.4) is 0 Å². The Morgan fingerprint density at radius 2 is 1.60 bits per heavy atom. The molecule has 2 aliphatic heterocycles. The molecule has 0 bridgehead atoms. The number of aromatic hydroxyl groups is 1. The maximum atomic E-state index is 13.6. The number of hydrogen-bond acceptors (Lipinski definition) is 4. The van der Waals surface area contributed by atoms with Crippen molar-refractivity contribution < 1.29 is 19.8 Å². The number of carbonyl (C=O) groups excluding carboxylic acids is 1. The van der Waals surface area contributed by atoms with E-state index in [-0.39, 0.29) is 17.9 Å². The minimum absolute atomic E-state index is 0.250. The Morgan fingerprint density at radius 1 is 1.00 bits per heavy atom. The van der Waals surface area contributed by atoms with Gasteiger partial charge in [-0.25, -0.2) is 0 Å². The molecule has 4 rings (SSSR count). The molecule has 6 nitrogen and oxygen atoms in total. The van der Waals surface area contributed by atoms with Crippen LogP contribution in [0.15, 0.2) is 48.5 Å². The predicted octanol–water partition coefficient (Wildman–Crippen LogP) is 3.61. The molecule has 1 amide bonds. The number of likely N-dealkylation sites (tertiary alicyclic amines) is 1. The second kappa shape index (κ2) is 9.76. The molecule has 6 heteroatoms. The van der Waals surface area contributed by atoms with Crippen molar-refractivity contribution in [2.75, 3.05) is 24.5 Å². The fourth-order valence-electron chi connectivity index (χ4n) is 4.67. The zero-order valence-electron chi connectivity index (χ0n) is 17.5. The summed E-state index contributed by atoms with van der Waals surface area (Å²) < 4.78 is 0. The maximum absolute atomic E-state index is 13.6. The van der Waals surface area contributed by atoms with Crippen molar-refractivity contribution in [1.82, 2.24) is 4.90 Å². The van der Waals surface area contributed by atoms with Crippen molar-refractivity contribution in [3.8, 4) is 5.75 Å². The number of piperidine rings is 1. The molecule has 2 saturated heterocycles. The third-order valence-electron chi connectivity index (χ3n) is 6.19. The number of amides is 1. The average Bonchev–Trinajstić information content (AvgIpc) is 3.14. The fraction of sp³-hybridized carbons (Fsp3) is 0.417. The standard InChI is InChI=1S/C23H28N2O2.CH2O2/c1-18-4-8-20(9-5-18)25-16-3-14-23(22(25)27)13-2-15-24(23)17-12-19-6-10-21(26)11-7-19;2-1-3/h4-11,26H,2-3,12-17H2,1H3;1H,(H,2,3). The number of phenolic OH excluding ortho intramolecular Hbond substituents is 1. The quantitative estimate of drug-likeness (QED) is 0.753. The number of nitrogens with zero attached hydrogens (tertiary/aromatic N) is 2. The van der Waals surface area contributed by atoms with Crippen LogP contribution in [0.25, 0.3) is 0 Å². The summed E-state index contributed by atoms with van der Waals surface area (Å²) in [5, 5.41) is 16.4. The Bertz CT molecular complexity index is 851. The van der Waals surface area contributed by atoms with Crippen molar-refractivity contribution >= 4 is 18.1 Å². The second-order valence-corrected chi connectivity index (χ2v) is 8.04. The Hall–Kier alpha value is -2.86. The van der Waals surface area contributed by atoms with Gasteiger partial charge >= 0.3 is 0 Å². The lowest BCUT2D eigenvalue weighted by atomic mass is 9.85. The molecule has 0 aromatic heterocycles. The first-order chi connectivity index (χ1) is 14.5. The molecular formula is C24H30N2O4. The van der Waals surface area contributed by atoms with E-state index in [1.807, 2.05) is 17.0 Å². The SMILES string of the molecule is Cc1ccc(N2CCCC3(CCCN3CCc3ccc(O)cc3)C2=O)cc1.O=CO. The van der Waals surface area contributed by atoms with Gasteiger partial charge in [-0.1, -0.05) is 29.8 Å². The third kappa shape index (κ3) is 4.65. The molecule has 2 aromatic rings. The minimum Gasteiger partial charge on any atom is -0.508 e. The molecule has 30 heavy (non-hydrogen) atoms. The van der Waals surface area contributed by atoms with E-state index in [4.69, 9.17) is 9.90 Å². The lowest BCUT2D eigenvalue weighted by Crippen LogP contribution is -2.60. The number of hydrogen-bond donors (Lipinski definition) is 2. The Balaban J connectivity index is 0.000000806. The molecule has 2 aromatic carbocycles. The Kier molecular flexibility index (Phi) is 7.11. The van der Waals surface area contributed by atoms with Gasteiger partial charge in [0.15, 0.2) is 0 Å². The minimum atomic E-state index is -0.333. The van der Waals surface area contributed by atoms with E-state index in [1.54, 1.807) is 12.1 Å². The van der Waals surface area contributed by atoms with Crippen molar-refractivity contribution in [2.24, 2.45) is 0 Å². The first-order valence-electron chi connectivity index (χ1n) is 10.5. The van der Waals surface area contributed by atoms with Gasteiger partial charge in [0.2, 0.25) is 5.91 Å². The molecule has 0 saturated carbocycles. The highest BCUT2D eigenvalue weighted by atomic mass is 16.3. The summed E-state index contributed by atoms with van der Waals surface area (Å²) in [6.45, 7) is 4.52. The number of phenols is 1. The van der Waals surface area contributed by atoms with Crippen LogP contribution < -0.4 is 4.90 Å². The van der Waals surface area contributed by atoms with E-state index >= 15 is 0 Å². The van der Waals surface area contributed by atoms with E-state index in [0.717, 1.165) is 57.4 Å². The number of rotatable bonds is 4. The highest BCUT2D eigenvalue weighted by Crippen LogP contribution is 2.39. The van der Waals surface area contributed by atoms with E-state index < -0.39 is 0 Å². The van der Waals surface area contributed by atoms with Gasteiger partial charge in [-0.15, -0.1) is 0 Å². The molecule has 0 aliphatic carbocycles. The smallest absolute Gasteiger partial charge is 0.290 e. The van der Waals surface area contributed by atoms with Gasteiger partial charge in [-0.3, -0.25) is 14.5 Å². The number of carbonyl (C=O) groups is 2. The summed E-state index contributed by atoms with van der Waals surface area (Å²) in [5.74, 6) is 0.577. The van der Waals surface area contributed by atoms with Gasteiger partial charge in [0.05, 0.1) is 0 Å². The lowest BCUT2D eigenvalue weighted by molar-refractivity contribution is -0.131. The highest BCUT2D eigenvalue weighted by Gasteiger charge is 2.50. The van der Waals surface area contributed by atoms with Crippen LogP contribution in [0.5, 0.6) is 5.75 Å². The van der Waals surface area contributed by atoms with Gasteiger partial charge in [-0.2, -0.15) is 0 Å². The van der Waals surface area contributed by atoms with Gasteiger partial charge < -0.3 is 15.1 Å². The summed E-state index contributed by atoms with van der Waals surface area (Å²) in [5.41, 5.74) is 3.11. The van der Waals surface area contributed by atoms with E-state index in [0.29, 0.717) is 5.75 Å². The van der Waals surface area contributed by atoms with Crippen LogP contribution in [-0.2, 0) is 16.0 Å². The molecule has 2 aliphatic rings. The molecular weight excluding hydrogens is 380 g/mol. The topological polar surface area (TPSA) is 81.1 Å². The van der Waals surface area contributed by atoms with Gasteiger partial charge in [0.25, 0.3) is 6.47 Å². The number of anilines is 1. The molecule has 2 heterocycles. The summed E-state index contributed by atoms with van der Waals surface area (Å²) in [6.07, 6.45) is 4.96. The lowest BCUT2D eigenvalue weighted by Gasteiger charge is -2.44.